The van der Waals surface area contributed by atoms with E-state index in [1.165, 1.54) is 6.08 Å². The van der Waals surface area contributed by atoms with Crippen LogP contribution in [0, 0.1) is 0 Å². The molecule has 0 saturated carbocycles. The molecule has 0 spiro atoms. The van der Waals surface area contributed by atoms with Crippen molar-refractivity contribution in [2.45, 2.75) is 0 Å². The van der Waals surface area contributed by atoms with Gasteiger partial charge in [0.1, 0.15) is 11.5 Å². The summed E-state index contributed by atoms with van der Waals surface area (Å²) < 4.78 is 10.6. The molecule has 118 valence electrons. The van der Waals surface area contributed by atoms with Gasteiger partial charge in [0, 0.05) is 11.6 Å². The number of methoxy groups -OCH3 is 2. The molecule has 0 heterocycles. The topological polar surface area (TPSA) is 55.8 Å². The van der Waals surface area contributed by atoms with Crippen LogP contribution in [0.2, 0.25) is 0 Å². The first-order valence-corrected chi connectivity index (χ1v) is 7.05. The van der Waals surface area contributed by atoms with Gasteiger partial charge in [-0.2, -0.15) is 0 Å². The fourth-order valence-electron chi connectivity index (χ4n) is 2.21. The zero-order chi connectivity index (χ0) is 16.7. The van der Waals surface area contributed by atoms with Crippen molar-refractivity contribution in [2.75, 3.05) is 14.2 Å². The highest BCUT2D eigenvalue weighted by Crippen LogP contribution is 2.31. The van der Waals surface area contributed by atoms with Crippen LogP contribution in [0.4, 0.5) is 0 Å². The van der Waals surface area contributed by atoms with Crippen molar-refractivity contribution in [3.05, 3.63) is 77.9 Å². The fraction of sp³-hybridized carbons (Fsp3) is 0.105. The summed E-state index contributed by atoms with van der Waals surface area (Å²) in [6, 6.07) is 15.2. The maximum atomic E-state index is 10.7. The first-order valence-electron chi connectivity index (χ1n) is 7.05. The summed E-state index contributed by atoms with van der Waals surface area (Å²) in [6.45, 7) is 0. The number of hydrogen-bond acceptors (Lipinski definition) is 3. The summed E-state index contributed by atoms with van der Waals surface area (Å²) in [4.78, 5) is 10.7. The number of benzene rings is 2. The monoisotopic (exact) mass is 310 g/mol. The van der Waals surface area contributed by atoms with Gasteiger partial charge in [-0.3, -0.25) is 0 Å². The van der Waals surface area contributed by atoms with Gasteiger partial charge in [0.25, 0.3) is 0 Å². The Hall–Kier alpha value is -3.01. The first kappa shape index (κ1) is 16.4. The van der Waals surface area contributed by atoms with E-state index in [0.29, 0.717) is 0 Å². The summed E-state index contributed by atoms with van der Waals surface area (Å²) >= 11 is 0. The van der Waals surface area contributed by atoms with Gasteiger partial charge < -0.3 is 14.6 Å². The number of aliphatic carboxylic acids is 1. The van der Waals surface area contributed by atoms with E-state index in [9.17, 15) is 4.79 Å². The highest BCUT2D eigenvalue weighted by atomic mass is 16.5. The molecule has 0 aliphatic carbocycles. The van der Waals surface area contributed by atoms with Gasteiger partial charge in [-0.15, -0.1) is 0 Å². The van der Waals surface area contributed by atoms with Gasteiger partial charge in [-0.25, -0.2) is 4.79 Å². The predicted octanol–water partition coefficient (Wildman–Crippen LogP) is 3.78. The highest BCUT2D eigenvalue weighted by Gasteiger charge is 2.10. The average molecular weight is 310 g/mol. The van der Waals surface area contributed by atoms with Crippen molar-refractivity contribution >= 4 is 11.5 Å². The van der Waals surface area contributed by atoms with Crippen LogP contribution in [0.15, 0.2) is 66.8 Å². The van der Waals surface area contributed by atoms with Crippen LogP contribution >= 0.6 is 0 Å². The number of carbonyl (C=O) groups is 1. The minimum Gasteiger partial charge on any atom is -0.497 e. The maximum Gasteiger partial charge on any atom is 0.328 e. The summed E-state index contributed by atoms with van der Waals surface area (Å²) in [5, 5.41) is 8.78. The van der Waals surface area contributed by atoms with Crippen molar-refractivity contribution in [3.8, 4) is 11.5 Å². The van der Waals surface area contributed by atoms with Crippen LogP contribution in [0.3, 0.4) is 0 Å². The lowest BCUT2D eigenvalue weighted by molar-refractivity contribution is -0.131. The molecule has 0 aromatic heterocycles. The number of carboxylic acid groups (broad SMARTS) is 1. The molecule has 2 aromatic carbocycles. The molecule has 0 saturated heterocycles. The van der Waals surface area contributed by atoms with Gasteiger partial charge in [-0.1, -0.05) is 42.5 Å². The minimum atomic E-state index is -0.990. The Labute approximate surface area is 135 Å². The van der Waals surface area contributed by atoms with Crippen LogP contribution in [0.5, 0.6) is 11.5 Å². The molecule has 1 N–H and O–H groups in total. The Kier molecular flexibility index (Phi) is 5.58. The van der Waals surface area contributed by atoms with E-state index in [1.54, 1.807) is 20.3 Å². The second-order valence-electron chi connectivity index (χ2n) is 4.71. The Bertz CT molecular complexity index is 727. The largest absolute Gasteiger partial charge is 0.497 e. The molecule has 0 aliphatic rings. The lowest BCUT2D eigenvalue weighted by Crippen LogP contribution is -1.94. The number of allylic oxidation sites excluding steroid dienone is 2. The molecular weight excluding hydrogens is 292 g/mol. The molecule has 0 aliphatic heterocycles. The normalized spacial score (nSPS) is 11.5. The summed E-state index contributed by atoms with van der Waals surface area (Å²) in [6.07, 6.45) is 4.36. The SMILES string of the molecule is COc1ccc(/C(=C\C=C\C(=O)O)c2ccccc2OC)cc1. The number of hydrogen-bond donors (Lipinski definition) is 1. The van der Waals surface area contributed by atoms with Gasteiger partial charge in [0.15, 0.2) is 0 Å². The van der Waals surface area contributed by atoms with Gasteiger partial charge in [0.2, 0.25) is 0 Å². The van der Waals surface area contributed by atoms with Gasteiger partial charge in [0.05, 0.1) is 14.2 Å². The van der Waals surface area contributed by atoms with Crippen molar-refractivity contribution in [2.24, 2.45) is 0 Å². The summed E-state index contributed by atoms with van der Waals surface area (Å²) in [7, 11) is 3.22. The molecule has 0 atom stereocenters. The van der Waals surface area contributed by atoms with Crippen LogP contribution in [-0.2, 0) is 4.79 Å². The Morgan fingerprint density at radius 3 is 2.30 bits per heavy atom. The van der Waals surface area contributed by atoms with Gasteiger partial charge >= 0.3 is 5.97 Å². The minimum absolute atomic E-state index is 0.721. The molecule has 23 heavy (non-hydrogen) atoms. The number of carboxylic acids is 1. The zero-order valence-corrected chi connectivity index (χ0v) is 13.0. The van der Waals surface area contributed by atoms with Crippen LogP contribution in [-0.4, -0.2) is 25.3 Å². The second-order valence-corrected chi connectivity index (χ2v) is 4.71. The fourth-order valence-corrected chi connectivity index (χ4v) is 2.21. The van der Waals surface area contributed by atoms with E-state index in [0.717, 1.165) is 34.3 Å². The van der Waals surface area contributed by atoms with E-state index in [1.807, 2.05) is 48.5 Å². The van der Waals surface area contributed by atoms with Crippen molar-refractivity contribution in [1.82, 2.24) is 0 Å². The quantitative estimate of drug-likeness (QED) is 0.652. The zero-order valence-electron chi connectivity index (χ0n) is 13.0. The average Bonchev–Trinajstić information content (AvgIpc) is 2.59. The third-order valence-electron chi connectivity index (χ3n) is 3.30. The molecule has 2 rings (SSSR count). The number of para-hydroxylation sites is 1. The van der Waals surface area contributed by atoms with Crippen molar-refractivity contribution < 1.29 is 19.4 Å². The Morgan fingerprint density at radius 1 is 1.00 bits per heavy atom. The predicted molar refractivity (Wildman–Crippen MR) is 89.8 cm³/mol. The van der Waals surface area contributed by atoms with Gasteiger partial charge in [-0.05, 0) is 29.3 Å². The van der Waals surface area contributed by atoms with Crippen LogP contribution in [0.25, 0.3) is 5.57 Å². The Morgan fingerprint density at radius 2 is 1.70 bits per heavy atom. The molecule has 4 heteroatoms. The second kappa shape index (κ2) is 7.84. The lowest BCUT2D eigenvalue weighted by Gasteiger charge is -2.12. The molecule has 0 unspecified atom stereocenters. The van der Waals surface area contributed by atoms with E-state index in [2.05, 4.69) is 0 Å². The molecule has 0 fully saturated rings. The lowest BCUT2D eigenvalue weighted by atomic mass is 9.96. The summed E-state index contributed by atoms with van der Waals surface area (Å²) in [5.74, 6) is 0.489. The van der Waals surface area contributed by atoms with E-state index >= 15 is 0 Å². The van der Waals surface area contributed by atoms with Crippen molar-refractivity contribution in [1.29, 1.82) is 0 Å². The molecule has 0 bridgehead atoms. The number of ether oxygens (including phenoxy) is 2. The highest BCUT2D eigenvalue weighted by molar-refractivity contribution is 5.85. The van der Waals surface area contributed by atoms with E-state index in [4.69, 9.17) is 14.6 Å². The Balaban J connectivity index is 2.52. The molecule has 2 aromatic rings. The van der Waals surface area contributed by atoms with E-state index < -0.39 is 5.97 Å². The standard InChI is InChI=1S/C19H18O4/c1-22-15-12-10-14(11-13-15)16(7-5-9-19(20)21)17-6-3-4-8-18(17)23-2/h3-13H,1-2H3,(H,20,21)/b9-5+,16-7+. The molecule has 4 nitrogen and oxygen atoms in total. The van der Waals surface area contributed by atoms with Crippen LogP contribution < -0.4 is 9.47 Å². The smallest absolute Gasteiger partial charge is 0.328 e. The summed E-state index contributed by atoms with van der Waals surface area (Å²) in [5.41, 5.74) is 2.68. The van der Waals surface area contributed by atoms with Crippen molar-refractivity contribution in [3.63, 3.8) is 0 Å². The molecule has 0 amide bonds. The molecule has 0 radical (unpaired) electrons. The molecular formula is C19H18O4. The first-order chi connectivity index (χ1) is 11.2. The van der Waals surface area contributed by atoms with E-state index in [-0.39, 0.29) is 0 Å². The van der Waals surface area contributed by atoms with Crippen LogP contribution in [0.1, 0.15) is 11.1 Å². The third kappa shape index (κ3) is 4.23. The third-order valence-corrected chi connectivity index (χ3v) is 3.30. The number of rotatable bonds is 6. The maximum absolute atomic E-state index is 10.7.